The van der Waals surface area contributed by atoms with Gasteiger partial charge in [0.1, 0.15) is 12.4 Å². The molecule has 0 spiro atoms. The molecule has 2 aromatic carbocycles. The number of benzene rings is 2. The Kier molecular flexibility index (Phi) is 4.07. The smallest absolute Gasteiger partial charge is 0.123 e. The molecular formula is C19H20O2. The van der Waals surface area contributed by atoms with Gasteiger partial charge in [-0.05, 0) is 29.2 Å². The summed E-state index contributed by atoms with van der Waals surface area (Å²) in [6, 6.07) is 14.5. The number of aliphatic hydroxyl groups excluding tert-OH is 1. The van der Waals surface area contributed by atoms with Crippen molar-refractivity contribution in [2.24, 2.45) is 0 Å². The molecule has 2 aromatic rings. The van der Waals surface area contributed by atoms with Gasteiger partial charge in [0.05, 0.1) is 6.61 Å². The zero-order valence-corrected chi connectivity index (χ0v) is 12.1. The second kappa shape index (κ2) is 6.15. The van der Waals surface area contributed by atoms with Gasteiger partial charge in [-0.1, -0.05) is 42.5 Å². The molecule has 0 aliphatic carbocycles. The summed E-state index contributed by atoms with van der Waals surface area (Å²) in [4.78, 5) is 0. The van der Waals surface area contributed by atoms with Gasteiger partial charge in [0.2, 0.25) is 0 Å². The van der Waals surface area contributed by atoms with E-state index in [2.05, 4.69) is 30.8 Å². The van der Waals surface area contributed by atoms with Gasteiger partial charge in [0.15, 0.2) is 0 Å². The van der Waals surface area contributed by atoms with Crippen molar-refractivity contribution in [3.8, 4) is 5.75 Å². The van der Waals surface area contributed by atoms with Crippen LogP contribution in [0.4, 0.5) is 0 Å². The van der Waals surface area contributed by atoms with Crippen LogP contribution in [0.1, 0.15) is 34.6 Å². The van der Waals surface area contributed by atoms with E-state index in [0.29, 0.717) is 6.61 Å². The van der Waals surface area contributed by atoms with Crippen LogP contribution in [-0.4, -0.2) is 11.7 Å². The summed E-state index contributed by atoms with van der Waals surface area (Å²) < 4.78 is 5.98. The SMILES string of the molecule is C=CCC(CO)c1cccc2c1Cc1ccccc1CO2. The van der Waals surface area contributed by atoms with E-state index < -0.39 is 0 Å². The standard InChI is InChI=1S/C19H20O2/c1-2-6-15(12-20)17-9-5-10-19-18(17)11-14-7-3-4-8-16(14)13-21-19/h2-5,7-10,15,20H,1,6,11-13H2. The molecule has 3 rings (SSSR count). The summed E-state index contributed by atoms with van der Waals surface area (Å²) in [6.07, 6.45) is 3.50. The first-order valence-electron chi connectivity index (χ1n) is 7.36. The Balaban J connectivity index is 2.06. The fourth-order valence-corrected chi connectivity index (χ4v) is 3.01. The average molecular weight is 280 g/mol. The van der Waals surface area contributed by atoms with Crippen LogP contribution in [0.15, 0.2) is 55.1 Å². The van der Waals surface area contributed by atoms with Crippen LogP contribution >= 0.6 is 0 Å². The molecule has 1 aliphatic rings. The largest absolute Gasteiger partial charge is 0.489 e. The Morgan fingerprint density at radius 3 is 2.71 bits per heavy atom. The molecule has 2 nitrogen and oxygen atoms in total. The van der Waals surface area contributed by atoms with Crippen LogP contribution in [0.3, 0.4) is 0 Å². The Morgan fingerprint density at radius 2 is 1.95 bits per heavy atom. The van der Waals surface area contributed by atoms with Crippen LogP contribution in [-0.2, 0) is 13.0 Å². The number of rotatable bonds is 4. The Labute approximate surface area is 125 Å². The fourth-order valence-electron chi connectivity index (χ4n) is 3.01. The van der Waals surface area contributed by atoms with Crippen molar-refractivity contribution in [2.45, 2.75) is 25.4 Å². The maximum atomic E-state index is 9.69. The molecule has 1 unspecified atom stereocenters. The van der Waals surface area contributed by atoms with Gasteiger partial charge < -0.3 is 9.84 Å². The number of ether oxygens (including phenoxy) is 1. The van der Waals surface area contributed by atoms with Gasteiger partial charge >= 0.3 is 0 Å². The molecular weight excluding hydrogens is 260 g/mol. The summed E-state index contributed by atoms with van der Waals surface area (Å²) >= 11 is 0. The van der Waals surface area contributed by atoms with Gasteiger partial charge in [-0.3, -0.25) is 0 Å². The molecule has 1 heterocycles. The van der Waals surface area contributed by atoms with Gasteiger partial charge in [0.25, 0.3) is 0 Å². The summed E-state index contributed by atoms with van der Waals surface area (Å²) in [5, 5.41) is 9.69. The predicted octanol–water partition coefficient (Wildman–Crippen LogP) is 3.82. The summed E-state index contributed by atoms with van der Waals surface area (Å²) in [7, 11) is 0. The predicted molar refractivity (Wildman–Crippen MR) is 84.7 cm³/mol. The minimum Gasteiger partial charge on any atom is -0.489 e. The van der Waals surface area contributed by atoms with Gasteiger partial charge in [-0.25, -0.2) is 0 Å². The van der Waals surface area contributed by atoms with E-state index in [1.54, 1.807) is 0 Å². The van der Waals surface area contributed by atoms with E-state index in [9.17, 15) is 5.11 Å². The molecule has 0 bridgehead atoms. The van der Waals surface area contributed by atoms with Crippen LogP contribution in [0.2, 0.25) is 0 Å². The van der Waals surface area contributed by atoms with Gasteiger partial charge in [-0.15, -0.1) is 6.58 Å². The lowest BCUT2D eigenvalue weighted by atomic mass is 9.88. The lowest BCUT2D eigenvalue weighted by molar-refractivity contribution is 0.264. The maximum absolute atomic E-state index is 9.69. The highest BCUT2D eigenvalue weighted by Crippen LogP contribution is 2.35. The van der Waals surface area contributed by atoms with Crippen LogP contribution < -0.4 is 4.74 Å². The van der Waals surface area contributed by atoms with Crippen LogP contribution in [0.5, 0.6) is 5.75 Å². The van der Waals surface area contributed by atoms with E-state index >= 15 is 0 Å². The highest BCUT2D eigenvalue weighted by atomic mass is 16.5. The number of hydrogen-bond donors (Lipinski definition) is 1. The lowest BCUT2D eigenvalue weighted by Crippen LogP contribution is -2.07. The highest BCUT2D eigenvalue weighted by Gasteiger charge is 2.20. The fraction of sp³-hybridized carbons (Fsp3) is 0.263. The molecule has 1 atom stereocenters. The lowest BCUT2D eigenvalue weighted by Gasteiger charge is -2.18. The van der Waals surface area contributed by atoms with Crippen molar-refractivity contribution in [3.63, 3.8) is 0 Å². The number of allylic oxidation sites excluding steroid dienone is 1. The Bertz CT molecular complexity index is 646. The van der Waals surface area contributed by atoms with Crippen molar-refractivity contribution in [1.29, 1.82) is 0 Å². The quantitative estimate of drug-likeness (QED) is 0.863. The third-order valence-electron chi connectivity index (χ3n) is 4.15. The van der Waals surface area contributed by atoms with E-state index in [1.165, 1.54) is 22.3 Å². The first-order valence-corrected chi connectivity index (χ1v) is 7.36. The molecule has 0 amide bonds. The van der Waals surface area contributed by atoms with Crippen LogP contribution in [0.25, 0.3) is 0 Å². The molecule has 1 N–H and O–H groups in total. The van der Waals surface area contributed by atoms with E-state index in [1.807, 2.05) is 24.3 Å². The molecule has 2 heteroatoms. The Hall–Kier alpha value is -2.06. The molecule has 21 heavy (non-hydrogen) atoms. The van der Waals surface area contributed by atoms with Gasteiger partial charge in [-0.2, -0.15) is 0 Å². The summed E-state index contributed by atoms with van der Waals surface area (Å²) in [5.41, 5.74) is 4.91. The Morgan fingerprint density at radius 1 is 1.14 bits per heavy atom. The molecule has 1 aliphatic heterocycles. The summed E-state index contributed by atoms with van der Waals surface area (Å²) in [5.74, 6) is 1.03. The van der Waals surface area contributed by atoms with Gasteiger partial charge in [0, 0.05) is 17.9 Å². The molecule has 0 aromatic heterocycles. The normalized spacial score (nSPS) is 14.3. The molecule has 0 saturated carbocycles. The third kappa shape index (κ3) is 2.72. The van der Waals surface area contributed by atoms with Crippen LogP contribution in [0, 0.1) is 0 Å². The second-order valence-electron chi connectivity index (χ2n) is 5.46. The van der Waals surface area contributed by atoms with Crippen molar-refractivity contribution in [3.05, 3.63) is 77.4 Å². The maximum Gasteiger partial charge on any atom is 0.123 e. The first-order chi connectivity index (χ1) is 10.3. The minimum atomic E-state index is 0.0892. The molecule has 108 valence electrons. The van der Waals surface area contributed by atoms with Crippen molar-refractivity contribution in [2.75, 3.05) is 6.61 Å². The number of fused-ring (bicyclic) bond motifs is 2. The topological polar surface area (TPSA) is 29.5 Å². The number of hydrogen-bond acceptors (Lipinski definition) is 2. The summed E-state index contributed by atoms with van der Waals surface area (Å²) in [6.45, 7) is 4.54. The molecule has 0 radical (unpaired) electrons. The molecule has 0 saturated heterocycles. The molecule has 0 fully saturated rings. The minimum absolute atomic E-state index is 0.0892. The highest BCUT2D eigenvalue weighted by molar-refractivity contribution is 5.48. The number of aliphatic hydroxyl groups is 1. The first kappa shape index (κ1) is 13.9. The zero-order valence-electron chi connectivity index (χ0n) is 12.1. The third-order valence-corrected chi connectivity index (χ3v) is 4.15. The second-order valence-corrected chi connectivity index (χ2v) is 5.46. The van der Waals surface area contributed by atoms with E-state index in [-0.39, 0.29) is 12.5 Å². The van der Waals surface area contributed by atoms with E-state index in [0.717, 1.165) is 18.6 Å². The monoisotopic (exact) mass is 280 g/mol. The van der Waals surface area contributed by atoms with Crippen molar-refractivity contribution in [1.82, 2.24) is 0 Å². The average Bonchev–Trinajstić information content (AvgIpc) is 2.71. The van der Waals surface area contributed by atoms with Crippen molar-refractivity contribution < 1.29 is 9.84 Å². The zero-order chi connectivity index (χ0) is 14.7. The van der Waals surface area contributed by atoms with Crippen molar-refractivity contribution >= 4 is 0 Å². The van der Waals surface area contributed by atoms with E-state index in [4.69, 9.17) is 4.74 Å².